The summed E-state index contributed by atoms with van der Waals surface area (Å²) in [6.07, 6.45) is 1.08. The number of allylic oxidation sites excluding steroid dienone is 2. The van der Waals surface area contributed by atoms with Crippen LogP contribution in [0.1, 0.15) is 26.7 Å². The molecule has 0 bridgehead atoms. The molecule has 1 aliphatic heterocycles. The summed E-state index contributed by atoms with van der Waals surface area (Å²) in [6, 6.07) is 0. The highest BCUT2D eigenvalue weighted by Gasteiger charge is 2.43. The third-order valence-electron chi connectivity index (χ3n) is 3.82. The summed E-state index contributed by atoms with van der Waals surface area (Å²) < 4.78 is 5.43. The van der Waals surface area contributed by atoms with Gasteiger partial charge in [-0.1, -0.05) is 23.3 Å². The fraction of sp³-hybridized carbons (Fsp3) is 0.750. The molecule has 0 aliphatic carbocycles. The van der Waals surface area contributed by atoms with Crippen LogP contribution < -0.4 is 0 Å². The fourth-order valence-electron chi connectivity index (χ4n) is 2.20. The standard InChI is InChI=1S/C16H28O6S/c1-10(4-3-5-11(2)8-17)6-7-23-16-15(21)14(20)13(19)12(9-18)22-16/h5-6,12-21H,3-4,7-9H2,1-2H3. The molecule has 0 saturated carbocycles. The minimum atomic E-state index is -1.32. The first-order valence-electron chi connectivity index (χ1n) is 7.75. The topological polar surface area (TPSA) is 110 Å². The van der Waals surface area contributed by atoms with E-state index >= 15 is 0 Å². The third-order valence-corrected chi connectivity index (χ3v) is 4.90. The zero-order chi connectivity index (χ0) is 17.4. The number of aliphatic hydroxyl groups is 5. The first-order valence-corrected chi connectivity index (χ1v) is 8.79. The lowest BCUT2D eigenvalue weighted by Crippen LogP contribution is -2.57. The fourth-order valence-corrected chi connectivity index (χ4v) is 3.35. The van der Waals surface area contributed by atoms with Crippen molar-refractivity contribution < 1.29 is 30.3 Å². The lowest BCUT2D eigenvalue weighted by Gasteiger charge is -2.39. The van der Waals surface area contributed by atoms with Gasteiger partial charge in [-0.15, -0.1) is 11.8 Å². The predicted molar refractivity (Wildman–Crippen MR) is 90.1 cm³/mol. The van der Waals surface area contributed by atoms with Gasteiger partial charge in [0.2, 0.25) is 0 Å². The molecule has 134 valence electrons. The summed E-state index contributed by atoms with van der Waals surface area (Å²) in [4.78, 5) is 0. The first kappa shape index (κ1) is 20.6. The summed E-state index contributed by atoms with van der Waals surface area (Å²) in [5.74, 6) is 0.594. The number of hydrogen-bond acceptors (Lipinski definition) is 7. The molecule has 23 heavy (non-hydrogen) atoms. The van der Waals surface area contributed by atoms with Crippen molar-refractivity contribution in [3.63, 3.8) is 0 Å². The second kappa shape index (κ2) is 10.5. The van der Waals surface area contributed by atoms with E-state index in [4.69, 9.17) is 14.9 Å². The maximum Gasteiger partial charge on any atom is 0.132 e. The van der Waals surface area contributed by atoms with Crippen molar-refractivity contribution in [3.8, 4) is 0 Å². The summed E-state index contributed by atoms with van der Waals surface area (Å²) in [5, 5.41) is 47.4. The highest BCUT2D eigenvalue weighted by Crippen LogP contribution is 2.28. The minimum Gasteiger partial charge on any atom is -0.394 e. The van der Waals surface area contributed by atoms with E-state index in [1.807, 2.05) is 26.0 Å². The maximum atomic E-state index is 9.93. The van der Waals surface area contributed by atoms with E-state index in [0.29, 0.717) is 5.75 Å². The van der Waals surface area contributed by atoms with E-state index in [0.717, 1.165) is 18.4 Å². The molecule has 0 aromatic carbocycles. The predicted octanol–water partition coefficient (Wildman–Crippen LogP) is 0.185. The van der Waals surface area contributed by atoms with Gasteiger partial charge < -0.3 is 30.3 Å². The monoisotopic (exact) mass is 348 g/mol. The SMILES string of the molecule is CC(=CCCC(C)=CCSC1OC(CO)C(O)C(O)C1O)CO. The Balaban J connectivity index is 2.42. The van der Waals surface area contributed by atoms with Crippen molar-refractivity contribution >= 4 is 11.8 Å². The molecule has 0 amide bonds. The number of thioether (sulfide) groups is 1. The van der Waals surface area contributed by atoms with E-state index in [9.17, 15) is 15.3 Å². The normalized spacial score (nSPS) is 33.1. The van der Waals surface area contributed by atoms with Crippen LogP contribution in [-0.4, -0.2) is 74.4 Å². The molecule has 0 radical (unpaired) electrons. The second-order valence-corrected chi connectivity index (χ2v) is 6.96. The van der Waals surface area contributed by atoms with Crippen LogP contribution in [0.4, 0.5) is 0 Å². The molecule has 7 heteroatoms. The van der Waals surface area contributed by atoms with Gasteiger partial charge in [0.1, 0.15) is 29.9 Å². The average Bonchev–Trinajstić information content (AvgIpc) is 2.54. The Kier molecular flexibility index (Phi) is 9.38. The minimum absolute atomic E-state index is 0.0791. The molecular weight excluding hydrogens is 320 g/mol. The average molecular weight is 348 g/mol. The van der Waals surface area contributed by atoms with Gasteiger partial charge in [-0.05, 0) is 26.7 Å². The Morgan fingerprint density at radius 2 is 1.70 bits per heavy atom. The molecule has 1 aliphatic rings. The van der Waals surface area contributed by atoms with Crippen molar-refractivity contribution in [2.24, 2.45) is 0 Å². The van der Waals surface area contributed by atoms with Gasteiger partial charge in [0.15, 0.2) is 0 Å². The summed E-state index contributed by atoms with van der Waals surface area (Å²) in [5.41, 5.74) is 1.45. The van der Waals surface area contributed by atoms with Gasteiger partial charge >= 0.3 is 0 Å². The highest BCUT2D eigenvalue weighted by atomic mass is 32.2. The zero-order valence-corrected chi connectivity index (χ0v) is 14.4. The van der Waals surface area contributed by atoms with Crippen LogP contribution in [0.2, 0.25) is 0 Å². The molecule has 1 heterocycles. The molecular formula is C16H28O6S. The Morgan fingerprint density at radius 3 is 2.30 bits per heavy atom. The second-order valence-electron chi connectivity index (χ2n) is 5.83. The van der Waals surface area contributed by atoms with E-state index < -0.39 is 36.5 Å². The molecule has 5 atom stereocenters. The summed E-state index contributed by atoms with van der Waals surface area (Å²) in [7, 11) is 0. The number of rotatable bonds is 8. The van der Waals surface area contributed by atoms with E-state index in [1.54, 1.807) is 0 Å². The van der Waals surface area contributed by atoms with E-state index in [1.165, 1.54) is 17.3 Å². The maximum absolute atomic E-state index is 9.93. The van der Waals surface area contributed by atoms with Crippen LogP contribution in [0.15, 0.2) is 23.3 Å². The third kappa shape index (κ3) is 6.54. The highest BCUT2D eigenvalue weighted by molar-refractivity contribution is 7.99. The first-order chi connectivity index (χ1) is 10.9. The van der Waals surface area contributed by atoms with Gasteiger partial charge in [-0.25, -0.2) is 0 Å². The molecule has 1 rings (SSSR count). The number of ether oxygens (including phenoxy) is 1. The van der Waals surface area contributed by atoms with Crippen LogP contribution in [0.5, 0.6) is 0 Å². The Morgan fingerprint density at radius 1 is 1.00 bits per heavy atom. The molecule has 5 N–H and O–H groups in total. The number of hydrogen-bond donors (Lipinski definition) is 5. The van der Waals surface area contributed by atoms with Crippen LogP contribution >= 0.6 is 11.8 Å². The lowest BCUT2D eigenvalue weighted by molar-refractivity contribution is -0.205. The molecule has 0 aromatic heterocycles. The van der Waals surface area contributed by atoms with E-state index in [2.05, 4.69) is 0 Å². The van der Waals surface area contributed by atoms with Gasteiger partial charge in [0, 0.05) is 5.75 Å². The summed E-state index contributed by atoms with van der Waals surface area (Å²) >= 11 is 1.32. The molecule has 1 fully saturated rings. The van der Waals surface area contributed by atoms with Gasteiger partial charge in [0.05, 0.1) is 13.2 Å². The van der Waals surface area contributed by atoms with Crippen LogP contribution in [0.3, 0.4) is 0 Å². The van der Waals surface area contributed by atoms with Gasteiger partial charge in [0.25, 0.3) is 0 Å². The van der Waals surface area contributed by atoms with E-state index in [-0.39, 0.29) is 6.61 Å². The lowest BCUT2D eigenvalue weighted by atomic mass is 10.0. The molecule has 6 nitrogen and oxygen atoms in total. The Bertz CT molecular complexity index is 409. The van der Waals surface area contributed by atoms with Crippen LogP contribution in [0, 0.1) is 0 Å². The van der Waals surface area contributed by atoms with Crippen molar-refractivity contribution in [3.05, 3.63) is 23.3 Å². The van der Waals surface area contributed by atoms with Crippen LogP contribution in [0.25, 0.3) is 0 Å². The number of aliphatic hydroxyl groups excluding tert-OH is 5. The van der Waals surface area contributed by atoms with Gasteiger partial charge in [-0.2, -0.15) is 0 Å². The van der Waals surface area contributed by atoms with Crippen LogP contribution in [-0.2, 0) is 4.74 Å². The zero-order valence-electron chi connectivity index (χ0n) is 13.6. The summed E-state index contributed by atoms with van der Waals surface area (Å²) in [6.45, 7) is 3.56. The van der Waals surface area contributed by atoms with Crippen molar-refractivity contribution in [1.82, 2.24) is 0 Å². The smallest absolute Gasteiger partial charge is 0.132 e. The van der Waals surface area contributed by atoms with Crippen molar-refractivity contribution in [1.29, 1.82) is 0 Å². The van der Waals surface area contributed by atoms with Gasteiger partial charge in [-0.3, -0.25) is 0 Å². The van der Waals surface area contributed by atoms with Crippen molar-refractivity contribution in [2.45, 2.75) is 56.5 Å². The molecule has 0 aromatic rings. The van der Waals surface area contributed by atoms with Crippen molar-refractivity contribution in [2.75, 3.05) is 19.0 Å². The quantitative estimate of drug-likeness (QED) is 0.398. The molecule has 5 unspecified atom stereocenters. The Labute approximate surface area is 141 Å². The molecule has 1 saturated heterocycles. The molecule has 0 spiro atoms. The largest absolute Gasteiger partial charge is 0.394 e. The Hall–Kier alpha value is -0.410.